The van der Waals surface area contributed by atoms with E-state index in [9.17, 15) is 0 Å². The summed E-state index contributed by atoms with van der Waals surface area (Å²) in [5, 5.41) is 9.07. The lowest BCUT2D eigenvalue weighted by atomic mass is 10.1. The second-order valence-corrected chi connectivity index (χ2v) is 3.97. The summed E-state index contributed by atoms with van der Waals surface area (Å²) in [6.07, 6.45) is 1.94. The molecule has 0 amide bonds. The predicted octanol–water partition coefficient (Wildman–Crippen LogP) is 1.48. The van der Waals surface area contributed by atoms with E-state index >= 15 is 0 Å². The van der Waals surface area contributed by atoms with Gasteiger partial charge in [-0.1, -0.05) is 41.6 Å². The predicted molar refractivity (Wildman–Crippen MR) is 64.9 cm³/mol. The van der Waals surface area contributed by atoms with Gasteiger partial charge in [-0.25, -0.2) is 0 Å². The van der Waals surface area contributed by atoms with Gasteiger partial charge in [0.15, 0.2) is 5.84 Å². The van der Waals surface area contributed by atoms with Gasteiger partial charge in [-0.05, 0) is 13.2 Å². The van der Waals surface area contributed by atoms with Crippen molar-refractivity contribution >= 4 is 22.8 Å². The number of hydrogen-bond donors (Lipinski definition) is 2. The van der Waals surface area contributed by atoms with Gasteiger partial charge in [0.1, 0.15) is 0 Å². The van der Waals surface area contributed by atoms with Gasteiger partial charge >= 0.3 is 0 Å². The van der Waals surface area contributed by atoms with Crippen LogP contribution < -0.4 is 10.9 Å². The van der Waals surface area contributed by atoms with Gasteiger partial charge in [-0.15, -0.1) is 5.10 Å². The average Bonchev–Trinajstić information content (AvgIpc) is 2.30. The SMILES string of the molecule is CSC1=NNC(c2ccc(C)cc2)=NN1. The van der Waals surface area contributed by atoms with Crippen LogP contribution in [0.5, 0.6) is 0 Å². The molecule has 0 aromatic heterocycles. The van der Waals surface area contributed by atoms with Crippen LogP contribution >= 0.6 is 11.8 Å². The van der Waals surface area contributed by atoms with Gasteiger partial charge in [-0.2, -0.15) is 5.10 Å². The van der Waals surface area contributed by atoms with E-state index < -0.39 is 0 Å². The summed E-state index contributed by atoms with van der Waals surface area (Å²) < 4.78 is 0. The number of hydrazone groups is 2. The maximum absolute atomic E-state index is 4.19. The molecule has 2 N–H and O–H groups in total. The Kier molecular flexibility index (Phi) is 2.91. The summed E-state index contributed by atoms with van der Waals surface area (Å²) in [6.45, 7) is 2.06. The molecular weight excluding hydrogens is 208 g/mol. The minimum absolute atomic E-state index is 0.743. The number of aryl methyl sites for hydroxylation is 1. The highest BCUT2D eigenvalue weighted by atomic mass is 32.2. The molecule has 1 heterocycles. The molecule has 15 heavy (non-hydrogen) atoms. The van der Waals surface area contributed by atoms with Crippen LogP contribution in [0.3, 0.4) is 0 Å². The van der Waals surface area contributed by atoms with Crippen LogP contribution in [0.1, 0.15) is 11.1 Å². The highest BCUT2D eigenvalue weighted by Crippen LogP contribution is 2.06. The van der Waals surface area contributed by atoms with Crippen LogP contribution in [-0.2, 0) is 0 Å². The molecule has 0 saturated carbocycles. The Balaban J connectivity index is 2.14. The first-order chi connectivity index (χ1) is 7.29. The molecule has 78 valence electrons. The summed E-state index contributed by atoms with van der Waals surface area (Å²) in [6, 6.07) is 8.13. The number of thioether (sulfide) groups is 1. The van der Waals surface area contributed by atoms with E-state index in [1.54, 1.807) is 0 Å². The number of benzene rings is 1. The number of amidine groups is 2. The Hall–Kier alpha value is -1.49. The van der Waals surface area contributed by atoms with Crippen LogP contribution in [0.4, 0.5) is 0 Å². The van der Waals surface area contributed by atoms with Crippen LogP contribution in [0.2, 0.25) is 0 Å². The highest BCUT2D eigenvalue weighted by molar-refractivity contribution is 8.13. The topological polar surface area (TPSA) is 48.8 Å². The standard InChI is InChI=1S/C10H12N4S/c1-7-3-5-8(6-4-7)9-11-13-10(15-2)14-12-9/h3-6H,1-2H3,(H,11,12)(H,13,14). The fourth-order valence-corrected chi connectivity index (χ4v) is 1.46. The van der Waals surface area contributed by atoms with Crippen LogP contribution in [0.15, 0.2) is 34.5 Å². The van der Waals surface area contributed by atoms with Crippen molar-refractivity contribution in [3.05, 3.63) is 35.4 Å². The Bertz CT molecular complexity index is 408. The van der Waals surface area contributed by atoms with Crippen molar-refractivity contribution in [2.75, 3.05) is 6.26 Å². The van der Waals surface area contributed by atoms with Crippen molar-refractivity contribution in [3.63, 3.8) is 0 Å². The first-order valence-electron chi connectivity index (χ1n) is 4.58. The fourth-order valence-electron chi connectivity index (χ4n) is 1.19. The van der Waals surface area contributed by atoms with E-state index in [2.05, 4.69) is 28.0 Å². The van der Waals surface area contributed by atoms with Crippen molar-refractivity contribution < 1.29 is 0 Å². The Morgan fingerprint density at radius 3 is 2.33 bits per heavy atom. The minimum Gasteiger partial charge on any atom is -0.257 e. The second kappa shape index (κ2) is 4.35. The van der Waals surface area contributed by atoms with Crippen molar-refractivity contribution in [1.29, 1.82) is 0 Å². The van der Waals surface area contributed by atoms with Crippen molar-refractivity contribution in [3.8, 4) is 0 Å². The molecular formula is C10H12N4S. The van der Waals surface area contributed by atoms with Crippen molar-refractivity contribution in [2.45, 2.75) is 6.92 Å². The van der Waals surface area contributed by atoms with E-state index in [0.29, 0.717) is 0 Å². The molecule has 1 aliphatic rings. The zero-order valence-electron chi connectivity index (χ0n) is 8.61. The van der Waals surface area contributed by atoms with Gasteiger partial charge < -0.3 is 0 Å². The summed E-state index contributed by atoms with van der Waals surface area (Å²) in [7, 11) is 0. The minimum atomic E-state index is 0.743. The number of nitrogens with zero attached hydrogens (tertiary/aromatic N) is 2. The summed E-state index contributed by atoms with van der Waals surface area (Å²) in [5.41, 5.74) is 8.04. The average molecular weight is 220 g/mol. The molecule has 0 atom stereocenters. The molecule has 0 aliphatic carbocycles. The highest BCUT2D eigenvalue weighted by Gasteiger charge is 2.08. The molecule has 1 aliphatic heterocycles. The molecule has 5 heteroatoms. The number of hydrogen-bond acceptors (Lipinski definition) is 5. The normalized spacial score (nSPS) is 14.8. The van der Waals surface area contributed by atoms with E-state index in [4.69, 9.17) is 0 Å². The van der Waals surface area contributed by atoms with Gasteiger partial charge in [0.05, 0.1) is 0 Å². The fraction of sp³-hybridized carbons (Fsp3) is 0.200. The lowest BCUT2D eigenvalue weighted by Gasteiger charge is -2.13. The lowest BCUT2D eigenvalue weighted by molar-refractivity contribution is 0.898. The van der Waals surface area contributed by atoms with E-state index in [-0.39, 0.29) is 0 Å². The van der Waals surface area contributed by atoms with Crippen LogP contribution in [-0.4, -0.2) is 17.3 Å². The monoisotopic (exact) mass is 220 g/mol. The summed E-state index contributed by atoms with van der Waals surface area (Å²) >= 11 is 1.51. The smallest absolute Gasteiger partial charge is 0.200 e. The van der Waals surface area contributed by atoms with E-state index in [1.165, 1.54) is 17.3 Å². The Morgan fingerprint density at radius 2 is 1.80 bits per heavy atom. The van der Waals surface area contributed by atoms with Gasteiger partial charge in [0.25, 0.3) is 0 Å². The molecule has 0 saturated heterocycles. The number of nitrogens with one attached hydrogen (secondary N) is 2. The van der Waals surface area contributed by atoms with Crippen LogP contribution in [0, 0.1) is 6.92 Å². The zero-order valence-corrected chi connectivity index (χ0v) is 9.43. The lowest BCUT2D eigenvalue weighted by Crippen LogP contribution is -2.32. The van der Waals surface area contributed by atoms with E-state index in [1.807, 2.05) is 30.5 Å². The Labute approximate surface area is 92.8 Å². The molecule has 4 nitrogen and oxygen atoms in total. The molecule has 0 radical (unpaired) electrons. The molecule has 0 unspecified atom stereocenters. The largest absolute Gasteiger partial charge is 0.257 e. The van der Waals surface area contributed by atoms with E-state index in [0.717, 1.165) is 16.6 Å². The molecule has 2 rings (SSSR count). The van der Waals surface area contributed by atoms with Crippen LogP contribution in [0.25, 0.3) is 0 Å². The molecule has 0 spiro atoms. The quantitative estimate of drug-likeness (QED) is 0.753. The van der Waals surface area contributed by atoms with Gasteiger partial charge in [0, 0.05) is 5.56 Å². The van der Waals surface area contributed by atoms with Crippen molar-refractivity contribution in [2.24, 2.45) is 10.2 Å². The molecule has 1 aromatic carbocycles. The van der Waals surface area contributed by atoms with Gasteiger partial charge in [0.2, 0.25) is 5.17 Å². The molecule has 0 fully saturated rings. The zero-order chi connectivity index (χ0) is 10.7. The second-order valence-electron chi connectivity index (χ2n) is 3.17. The van der Waals surface area contributed by atoms with Crippen molar-refractivity contribution in [1.82, 2.24) is 10.9 Å². The Morgan fingerprint density at radius 1 is 1.07 bits per heavy atom. The summed E-state index contributed by atoms with van der Waals surface area (Å²) in [4.78, 5) is 0. The maximum atomic E-state index is 4.19. The molecule has 0 bridgehead atoms. The molecule has 1 aromatic rings. The summed E-state index contributed by atoms with van der Waals surface area (Å²) in [5.74, 6) is 0.743. The van der Waals surface area contributed by atoms with Gasteiger partial charge in [-0.3, -0.25) is 10.9 Å². The first-order valence-corrected chi connectivity index (χ1v) is 5.80. The third-order valence-electron chi connectivity index (χ3n) is 2.05. The maximum Gasteiger partial charge on any atom is 0.200 e. The third-order valence-corrected chi connectivity index (χ3v) is 2.61. The first kappa shape index (κ1) is 10.0. The number of rotatable bonds is 1. The third kappa shape index (κ3) is 2.30.